The van der Waals surface area contributed by atoms with Gasteiger partial charge in [0.15, 0.2) is 5.82 Å². The molecule has 0 aliphatic carbocycles. The number of nitrogen functional groups attached to an aromatic ring is 1. The summed E-state index contributed by atoms with van der Waals surface area (Å²) in [5, 5.41) is 16.8. The zero-order chi connectivity index (χ0) is 30.9. The molecule has 0 aromatic heterocycles. The molecule has 0 unspecified atom stereocenters. The van der Waals surface area contributed by atoms with Gasteiger partial charge in [-0.1, -0.05) is 50.1 Å². The standard InChI is InChI=1S/C14H13BrFN3.C8H11N.C6H5BrFN.C2H4O2.Na/c1-19(2)12-6-4-11(5-7-12)17-18-14-8-3-10(15)9-13(14)16;1-9(2)8-6-4-3-5-7-8;7-4-1-2-6(9)5(8)3-4;1-2(3)4;/h3-9H,1-2H3;3-7H,1-2H3;1-3H,9H2;1H3,(H,3,4);/q;;;;+1/p-1. The zero-order valence-electron chi connectivity index (χ0n) is 24.4. The minimum Gasteiger partial charge on any atom is -0.550 e. The van der Waals surface area contributed by atoms with Crippen molar-refractivity contribution in [3.05, 3.63) is 112 Å². The Morgan fingerprint density at radius 1 is 0.738 bits per heavy atom. The molecule has 2 N–H and O–H groups in total. The molecule has 7 nitrogen and oxygen atoms in total. The minimum atomic E-state index is -1.08. The van der Waals surface area contributed by atoms with E-state index in [1.165, 1.54) is 23.9 Å². The molecule has 0 amide bonds. The van der Waals surface area contributed by atoms with Gasteiger partial charge >= 0.3 is 29.6 Å². The van der Waals surface area contributed by atoms with E-state index in [4.69, 9.17) is 15.6 Å². The molecule has 0 radical (unpaired) electrons. The van der Waals surface area contributed by atoms with Gasteiger partial charge in [-0.25, -0.2) is 8.78 Å². The van der Waals surface area contributed by atoms with Crippen LogP contribution in [0.4, 0.5) is 37.2 Å². The van der Waals surface area contributed by atoms with E-state index in [0.29, 0.717) is 14.6 Å². The van der Waals surface area contributed by atoms with Crippen LogP contribution < -0.4 is 50.2 Å². The fourth-order valence-corrected chi connectivity index (χ4v) is 3.39. The molecule has 4 aromatic carbocycles. The summed E-state index contributed by atoms with van der Waals surface area (Å²) in [6.45, 7) is 0.972. The van der Waals surface area contributed by atoms with E-state index in [0.717, 1.165) is 12.6 Å². The van der Waals surface area contributed by atoms with Crippen LogP contribution >= 0.6 is 31.9 Å². The van der Waals surface area contributed by atoms with Crippen LogP contribution in [0.25, 0.3) is 0 Å². The topological polar surface area (TPSA) is 97.3 Å². The summed E-state index contributed by atoms with van der Waals surface area (Å²) in [5.41, 5.74) is 8.61. The number of carbonyl (C=O) groups excluding carboxylic acids is 1. The summed E-state index contributed by atoms with van der Waals surface area (Å²) >= 11 is 6.30. The maximum Gasteiger partial charge on any atom is 1.00 e. The summed E-state index contributed by atoms with van der Waals surface area (Å²) < 4.78 is 27.3. The summed E-state index contributed by atoms with van der Waals surface area (Å²) in [6.07, 6.45) is 0. The first-order valence-electron chi connectivity index (χ1n) is 12.0. The number of nitrogens with zero attached hydrogens (tertiary/aromatic N) is 4. The Bertz CT molecular complexity index is 1390. The Kier molecular flexibility index (Phi) is 19.5. The molecular weight excluding hydrogens is 683 g/mol. The predicted molar refractivity (Wildman–Crippen MR) is 169 cm³/mol. The third-order valence-corrected chi connectivity index (χ3v) is 5.77. The molecule has 0 bridgehead atoms. The predicted octanol–water partition coefficient (Wildman–Crippen LogP) is 4.75. The maximum absolute atomic E-state index is 13.5. The first kappa shape index (κ1) is 39.2. The van der Waals surface area contributed by atoms with Crippen molar-refractivity contribution >= 4 is 66.3 Å². The Hall–Kier alpha value is -2.83. The average molecular weight is 715 g/mol. The number of carbonyl (C=O) groups is 1. The Morgan fingerprint density at radius 3 is 1.60 bits per heavy atom. The van der Waals surface area contributed by atoms with Crippen molar-refractivity contribution in [3.63, 3.8) is 0 Å². The van der Waals surface area contributed by atoms with Crippen molar-refractivity contribution in [2.45, 2.75) is 6.92 Å². The van der Waals surface area contributed by atoms with Crippen molar-refractivity contribution in [2.24, 2.45) is 10.2 Å². The van der Waals surface area contributed by atoms with Crippen LogP contribution in [0.15, 0.2) is 110 Å². The van der Waals surface area contributed by atoms with Crippen molar-refractivity contribution in [1.82, 2.24) is 0 Å². The van der Waals surface area contributed by atoms with Crippen molar-refractivity contribution in [2.75, 3.05) is 43.7 Å². The Balaban J connectivity index is 0.000000613. The molecule has 0 saturated carbocycles. The number of anilines is 3. The van der Waals surface area contributed by atoms with Gasteiger partial charge in [-0.05, 0) is 79.7 Å². The molecule has 0 saturated heterocycles. The van der Waals surface area contributed by atoms with Crippen molar-refractivity contribution < 1.29 is 48.2 Å². The molecule has 0 atom stereocenters. The number of hydrogen-bond acceptors (Lipinski definition) is 7. The monoisotopic (exact) mass is 713 g/mol. The number of rotatable bonds is 4. The molecule has 0 aliphatic heterocycles. The van der Waals surface area contributed by atoms with Crippen molar-refractivity contribution in [3.8, 4) is 0 Å². The zero-order valence-corrected chi connectivity index (χ0v) is 29.5. The van der Waals surface area contributed by atoms with Crippen LogP contribution in [0.5, 0.6) is 0 Å². The van der Waals surface area contributed by atoms with Crippen LogP contribution in [0.3, 0.4) is 0 Å². The van der Waals surface area contributed by atoms with E-state index in [1.807, 2.05) is 75.6 Å². The SMILES string of the molecule is CC(=O)[O-].CN(C)c1ccc(N=Nc2ccc(Br)cc2F)cc1.CN(C)c1ccccc1.Nc1ccc(Br)cc1F.[Na+]. The van der Waals surface area contributed by atoms with Gasteiger partial charge in [-0.3, -0.25) is 0 Å². The summed E-state index contributed by atoms with van der Waals surface area (Å²) in [6, 6.07) is 27.0. The molecule has 0 spiro atoms. The van der Waals surface area contributed by atoms with Crippen LogP contribution in [-0.2, 0) is 4.79 Å². The van der Waals surface area contributed by atoms with Crippen LogP contribution in [-0.4, -0.2) is 34.2 Å². The molecule has 218 valence electrons. The van der Waals surface area contributed by atoms with E-state index in [9.17, 15) is 8.78 Å². The number of halogens is 4. The van der Waals surface area contributed by atoms with Gasteiger partial charge in [0.1, 0.15) is 11.5 Å². The second kappa shape index (κ2) is 21.0. The smallest absolute Gasteiger partial charge is 0.550 e. The third-order valence-electron chi connectivity index (χ3n) is 4.78. The molecular formula is C30H32Br2F2N5NaO2. The van der Waals surface area contributed by atoms with Crippen LogP contribution in [0.1, 0.15) is 6.92 Å². The number of carboxylic acid groups (broad SMARTS) is 1. The number of hydrogen-bond donors (Lipinski definition) is 1. The molecule has 4 rings (SSSR count). The fraction of sp³-hybridized carbons (Fsp3) is 0.167. The van der Waals surface area contributed by atoms with Crippen LogP contribution in [0, 0.1) is 11.6 Å². The number of azo groups is 1. The largest absolute Gasteiger partial charge is 1.00 e. The van der Waals surface area contributed by atoms with E-state index in [1.54, 1.807) is 18.2 Å². The maximum atomic E-state index is 13.5. The second-order valence-corrected chi connectivity index (χ2v) is 10.4. The van der Waals surface area contributed by atoms with E-state index >= 15 is 0 Å². The number of aliphatic carboxylic acids is 1. The molecule has 0 heterocycles. The molecule has 42 heavy (non-hydrogen) atoms. The molecule has 4 aromatic rings. The first-order valence-corrected chi connectivity index (χ1v) is 13.6. The summed E-state index contributed by atoms with van der Waals surface area (Å²) in [7, 11) is 8.01. The average Bonchev–Trinajstić information content (AvgIpc) is 2.91. The Labute approximate surface area is 285 Å². The van der Waals surface area contributed by atoms with Gasteiger partial charge in [0, 0.05) is 54.5 Å². The van der Waals surface area contributed by atoms with Gasteiger partial charge in [0.2, 0.25) is 0 Å². The number of carboxylic acids is 1. The number of para-hydroxylation sites is 1. The fourth-order valence-electron chi connectivity index (χ4n) is 2.72. The van der Waals surface area contributed by atoms with E-state index < -0.39 is 11.8 Å². The Morgan fingerprint density at radius 2 is 1.19 bits per heavy atom. The second-order valence-electron chi connectivity index (χ2n) is 8.59. The minimum absolute atomic E-state index is 0. The number of benzene rings is 4. The van der Waals surface area contributed by atoms with Crippen LogP contribution in [0.2, 0.25) is 0 Å². The van der Waals surface area contributed by atoms with E-state index in [2.05, 4.69) is 59.1 Å². The van der Waals surface area contributed by atoms with Crippen molar-refractivity contribution in [1.29, 1.82) is 0 Å². The quantitative estimate of drug-likeness (QED) is 0.187. The number of nitrogens with two attached hydrogens (primary N) is 1. The van der Waals surface area contributed by atoms with Gasteiger partial charge in [0.05, 0.1) is 11.4 Å². The first-order chi connectivity index (χ1) is 19.3. The normalized spacial score (nSPS) is 9.55. The van der Waals surface area contributed by atoms with Gasteiger partial charge < -0.3 is 25.4 Å². The van der Waals surface area contributed by atoms with Gasteiger partial charge in [0.25, 0.3) is 0 Å². The molecule has 12 heteroatoms. The molecule has 0 fully saturated rings. The van der Waals surface area contributed by atoms with Gasteiger partial charge in [-0.15, -0.1) is 5.11 Å². The van der Waals surface area contributed by atoms with Gasteiger partial charge in [-0.2, -0.15) is 5.11 Å². The van der Waals surface area contributed by atoms with E-state index in [-0.39, 0.29) is 46.7 Å². The molecule has 0 aliphatic rings. The summed E-state index contributed by atoms with van der Waals surface area (Å²) in [4.78, 5) is 13.0. The summed E-state index contributed by atoms with van der Waals surface area (Å²) in [5.74, 6) is -1.87. The third kappa shape index (κ3) is 16.6.